The van der Waals surface area contributed by atoms with E-state index in [1.807, 2.05) is 18.2 Å². The Hall–Kier alpha value is -2.83. The Morgan fingerprint density at radius 2 is 2.10 bits per heavy atom. The topological polar surface area (TPSA) is 97.6 Å². The van der Waals surface area contributed by atoms with Crippen LogP contribution in [0, 0.1) is 0 Å². The minimum absolute atomic E-state index is 0.0710. The van der Waals surface area contributed by atoms with Crippen LogP contribution in [0.5, 0.6) is 0 Å². The molecule has 1 unspecified atom stereocenters. The molecule has 0 spiro atoms. The van der Waals surface area contributed by atoms with Crippen molar-refractivity contribution in [2.75, 3.05) is 0 Å². The molecule has 0 fully saturated rings. The Kier molecular flexibility index (Phi) is 3.08. The first kappa shape index (κ1) is 12.2. The van der Waals surface area contributed by atoms with Crippen LogP contribution in [0.15, 0.2) is 41.2 Å². The summed E-state index contributed by atoms with van der Waals surface area (Å²) in [5.41, 5.74) is 0.611. The molecule has 2 heterocycles. The van der Waals surface area contributed by atoms with Gasteiger partial charge in [0.15, 0.2) is 11.6 Å². The quantitative estimate of drug-likeness (QED) is 0.726. The van der Waals surface area contributed by atoms with Crippen LogP contribution in [0.4, 0.5) is 0 Å². The SMILES string of the molecule is CC(C(=O)c1ccccc1)c1nc(-c2ncn[nH]2)no1. The van der Waals surface area contributed by atoms with E-state index in [-0.39, 0.29) is 17.5 Å². The van der Waals surface area contributed by atoms with Gasteiger partial charge in [0.25, 0.3) is 0 Å². The molecule has 0 radical (unpaired) electrons. The van der Waals surface area contributed by atoms with Gasteiger partial charge in [-0.1, -0.05) is 35.5 Å². The van der Waals surface area contributed by atoms with E-state index in [0.717, 1.165) is 0 Å². The molecule has 0 aliphatic heterocycles. The summed E-state index contributed by atoms with van der Waals surface area (Å²) in [7, 11) is 0. The number of nitrogens with zero attached hydrogens (tertiary/aromatic N) is 4. The summed E-state index contributed by atoms with van der Waals surface area (Å²) in [5.74, 6) is 0.356. The normalized spacial score (nSPS) is 12.2. The summed E-state index contributed by atoms with van der Waals surface area (Å²) in [6.07, 6.45) is 1.35. The maximum absolute atomic E-state index is 12.3. The van der Waals surface area contributed by atoms with E-state index in [1.165, 1.54) is 6.33 Å². The van der Waals surface area contributed by atoms with E-state index in [0.29, 0.717) is 11.4 Å². The third-order valence-electron chi connectivity index (χ3n) is 2.89. The number of ketones is 1. The van der Waals surface area contributed by atoms with E-state index in [4.69, 9.17) is 4.52 Å². The predicted molar refractivity (Wildman–Crippen MR) is 68.9 cm³/mol. The average molecular weight is 269 g/mol. The molecule has 0 saturated carbocycles. The molecule has 3 rings (SSSR count). The molecule has 0 aliphatic carbocycles. The van der Waals surface area contributed by atoms with Gasteiger partial charge in [0.1, 0.15) is 6.33 Å². The molecule has 0 amide bonds. The number of benzene rings is 1. The van der Waals surface area contributed by atoms with Gasteiger partial charge in [0.2, 0.25) is 11.7 Å². The Bertz CT molecular complexity index is 705. The Morgan fingerprint density at radius 1 is 1.30 bits per heavy atom. The highest BCUT2D eigenvalue weighted by atomic mass is 16.5. The van der Waals surface area contributed by atoms with Gasteiger partial charge in [0.05, 0.1) is 5.92 Å². The summed E-state index contributed by atoms with van der Waals surface area (Å²) in [4.78, 5) is 20.4. The predicted octanol–water partition coefficient (Wildman–Crippen LogP) is 1.84. The van der Waals surface area contributed by atoms with Crippen LogP contribution in [0.25, 0.3) is 11.6 Å². The summed E-state index contributed by atoms with van der Waals surface area (Å²) < 4.78 is 5.12. The number of carbonyl (C=O) groups is 1. The largest absolute Gasteiger partial charge is 0.338 e. The molecule has 100 valence electrons. The van der Waals surface area contributed by atoms with Crippen LogP contribution in [0.2, 0.25) is 0 Å². The number of aromatic amines is 1. The van der Waals surface area contributed by atoms with Crippen LogP contribution >= 0.6 is 0 Å². The molecule has 1 aromatic carbocycles. The van der Waals surface area contributed by atoms with Crippen molar-refractivity contribution in [1.29, 1.82) is 0 Å². The third-order valence-corrected chi connectivity index (χ3v) is 2.89. The minimum Gasteiger partial charge on any atom is -0.338 e. The molecule has 7 nitrogen and oxygen atoms in total. The number of hydrogen-bond acceptors (Lipinski definition) is 6. The number of hydrogen-bond donors (Lipinski definition) is 1. The fraction of sp³-hybridized carbons (Fsp3) is 0.154. The first-order valence-electron chi connectivity index (χ1n) is 6.04. The van der Waals surface area contributed by atoms with E-state index in [9.17, 15) is 4.79 Å². The van der Waals surface area contributed by atoms with Gasteiger partial charge < -0.3 is 4.52 Å². The zero-order chi connectivity index (χ0) is 13.9. The molecule has 0 bridgehead atoms. The van der Waals surface area contributed by atoms with Gasteiger partial charge in [-0.25, -0.2) is 4.98 Å². The van der Waals surface area contributed by atoms with E-state index in [1.54, 1.807) is 19.1 Å². The second-order valence-electron chi connectivity index (χ2n) is 4.24. The van der Waals surface area contributed by atoms with E-state index in [2.05, 4.69) is 25.3 Å². The van der Waals surface area contributed by atoms with Crippen LogP contribution in [0.3, 0.4) is 0 Å². The Morgan fingerprint density at radius 3 is 2.80 bits per heavy atom. The van der Waals surface area contributed by atoms with Gasteiger partial charge >= 0.3 is 0 Å². The van der Waals surface area contributed by atoms with E-state index < -0.39 is 5.92 Å². The molecular weight excluding hydrogens is 258 g/mol. The lowest BCUT2D eigenvalue weighted by molar-refractivity contribution is 0.0951. The van der Waals surface area contributed by atoms with Gasteiger partial charge in [-0.05, 0) is 6.92 Å². The van der Waals surface area contributed by atoms with Crippen molar-refractivity contribution in [3.63, 3.8) is 0 Å². The van der Waals surface area contributed by atoms with Gasteiger partial charge in [0, 0.05) is 5.56 Å². The summed E-state index contributed by atoms with van der Waals surface area (Å²) in [5, 5.41) is 10.1. The molecule has 20 heavy (non-hydrogen) atoms. The molecule has 0 aliphatic rings. The van der Waals surface area contributed by atoms with Crippen molar-refractivity contribution in [3.8, 4) is 11.6 Å². The van der Waals surface area contributed by atoms with Crippen molar-refractivity contribution in [2.45, 2.75) is 12.8 Å². The molecular formula is C13H11N5O2. The fourth-order valence-corrected chi connectivity index (χ4v) is 1.79. The molecule has 1 N–H and O–H groups in total. The summed E-state index contributed by atoms with van der Waals surface area (Å²) in [6.45, 7) is 1.73. The Labute approximate surface area is 114 Å². The summed E-state index contributed by atoms with van der Waals surface area (Å²) in [6, 6.07) is 9.00. The number of aromatic nitrogens is 5. The second-order valence-corrected chi connectivity index (χ2v) is 4.24. The highest BCUT2D eigenvalue weighted by Crippen LogP contribution is 2.20. The highest BCUT2D eigenvalue weighted by Gasteiger charge is 2.23. The maximum Gasteiger partial charge on any atom is 0.239 e. The minimum atomic E-state index is -0.512. The Balaban J connectivity index is 1.84. The second kappa shape index (κ2) is 5.04. The van der Waals surface area contributed by atoms with Crippen molar-refractivity contribution in [1.82, 2.24) is 25.3 Å². The first-order valence-corrected chi connectivity index (χ1v) is 6.04. The lowest BCUT2D eigenvalue weighted by Gasteiger charge is -2.04. The van der Waals surface area contributed by atoms with Gasteiger partial charge in [-0.15, -0.1) is 0 Å². The number of H-pyrrole nitrogens is 1. The highest BCUT2D eigenvalue weighted by molar-refractivity contribution is 6.00. The van der Waals surface area contributed by atoms with Gasteiger partial charge in [-0.3, -0.25) is 9.89 Å². The lowest BCUT2D eigenvalue weighted by atomic mass is 9.99. The smallest absolute Gasteiger partial charge is 0.239 e. The van der Waals surface area contributed by atoms with Gasteiger partial charge in [-0.2, -0.15) is 10.1 Å². The number of Topliss-reactive ketones (excluding diaryl/α,β-unsaturated/α-hetero) is 1. The van der Waals surface area contributed by atoms with Crippen LogP contribution in [-0.4, -0.2) is 31.1 Å². The van der Waals surface area contributed by atoms with Crippen LogP contribution < -0.4 is 0 Å². The number of rotatable bonds is 4. The number of nitrogens with one attached hydrogen (secondary N) is 1. The zero-order valence-corrected chi connectivity index (χ0v) is 10.6. The monoisotopic (exact) mass is 269 g/mol. The van der Waals surface area contributed by atoms with Crippen LogP contribution in [-0.2, 0) is 0 Å². The molecule has 2 aromatic heterocycles. The maximum atomic E-state index is 12.3. The standard InChI is InChI=1S/C13H11N5O2/c1-8(10(19)9-5-3-2-4-6-9)13-16-12(18-20-13)11-14-7-15-17-11/h2-8H,1H3,(H,14,15,17). The molecule has 7 heteroatoms. The molecule has 1 atom stereocenters. The molecule has 0 saturated heterocycles. The van der Waals surface area contributed by atoms with E-state index >= 15 is 0 Å². The van der Waals surface area contributed by atoms with Crippen molar-refractivity contribution < 1.29 is 9.32 Å². The van der Waals surface area contributed by atoms with Crippen molar-refractivity contribution >= 4 is 5.78 Å². The fourth-order valence-electron chi connectivity index (χ4n) is 1.79. The molecule has 3 aromatic rings. The van der Waals surface area contributed by atoms with Crippen LogP contribution in [0.1, 0.15) is 29.1 Å². The number of carbonyl (C=O) groups excluding carboxylic acids is 1. The lowest BCUT2D eigenvalue weighted by Crippen LogP contribution is -2.09. The van der Waals surface area contributed by atoms with Crippen molar-refractivity contribution in [2.24, 2.45) is 0 Å². The first-order chi connectivity index (χ1) is 9.75. The zero-order valence-electron chi connectivity index (χ0n) is 10.6. The summed E-state index contributed by atoms with van der Waals surface area (Å²) >= 11 is 0. The third kappa shape index (κ3) is 2.20. The van der Waals surface area contributed by atoms with Crippen molar-refractivity contribution in [3.05, 3.63) is 48.1 Å². The average Bonchev–Trinajstić information content (AvgIpc) is 3.17.